The first-order valence-electron chi connectivity index (χ1n) is 6.06. The van der Waals surface area contributed by atoms with Crippen LogP contribution < -0.4 is 0 Å². The van der Waals surface area contributed by atoms with Gasteiger partial charge in [0.05, 0.1) is 5.54 Å². The molecule has 2 unspecified atom stereocenters. The lowest BCUT2D eigenvalue weighted by molar-refractivity contribution is -0.780. The predicted octanol–water partition coefficient (Wildman–Crippen LogP) is 1.14. The van der Waals surface area contributed by atoms with Gasteiger partial charge in [-0.05, 0) is 34.1 Å². The van der Waals surface area contributed by atoms with Crippen LogP contribution in [-0.4, -0.2) is 38.5 Å². The smallest absolute Gasteiger partial charge is 0.294 e. The molecule has 1 rings (SSSR count). The Balaban J connectivity index is 3.09. The topological polar surface area (TPSA) is 128 Å². The van der Waals surface area contributed by atoms with Gasteiger partial charge in [-0.3, -0.25) is 0 Å². The number of nitrogens with zero attached hydrogens (tertiary/aromatic N) is 3. The Bertz CT molecular complexity index is 398. The third kappa shape index (κ3) is 3.45. The van der Waals surface area contributed by atoms with Gasteiger partial charge in [-0.2, -0.15) is 0 Å². The van der Waals surface area contributed by atoms with Gasteiger partial charge in [0.25, 0.3) is 10.2 Å². The van der Waals surface area contributed by atoms with Gasteiger partial charge in [-0.15, -0.1) is 30.5 Å². The fourth-order valence-corrected chi connectivity index (χ4v) is 2.64. The van der Waals surface area contributed by atoms with Crippen LogP contribution in [0.2, 0.25) is 0 Å². The third-order valence-corrected chi connectivity index (χ3v) is 3.51. The van der Waals surface area contributed by atoms with Crippen LogP contribution in [0.1, 0.15) is 40.5 Å². The maximum atomic E-state index is 12.4. The maximum absolute atomic E-state index is 12.4. The zero-order valence-corrected chi connectivity index (χ0v) is 11.8. The Labute approximate surface area is 115 Å². The largest absolute Gasteiger partial charge is 0.310 e. The summed E-state index contributed by atoms with van der Waals surface area (Å²) in [5.74, 6) is 0. The van der Waals surface area contributed by atoms with E-state index in [9.17, 15) is 25.4 Å². The first kappa shape index (κ1) is 16.4. The van der Waals surface area contributed by atoms with E-state index in [0.717, 1.165) is 0 Å². The van der Waals surface area contributed by atoms with Gasteiger partial charge in [0.15, 0.2) is 0 Å². The van der Waals surface area contributed by atoms with Crippen LogP contribution in [-0.2, 0) is 14.9 Å². The highest BCUT2D eigenvalue weighted by Crippen LogP contribution is 2.38. The molecule has 0 bridgehead atoms. The molecule has 1 radical (unpaired) electrons. The van der Waals surface area contributed by atoms with E-state index in [4.69, 9.17) is 0 Å². The normalized spacial score (nSPS) is 29.2. The molecule has 10 heteroatoms. The van der Waals surface area contributed by atoms with E-state index in [1.165, 1.54) is 13.8 Å². The van der Waals surface area contributed by atoms with Crippen molar-refractivity contribution in [3.05, 3.63) is 20.2 Å². The second-order valence-corrected chi connectivity index (χ2v) is 5.97. The Morgan fingerprint density at radius 1 is 1.10 bits per heavy atom. The van der Waals surface area contributed by atoms with E-state index >= 15 is 0 Å². The van der Waals surface area contributed by atoms with Crippen LogP contribution in [0, 0.1) is 20.2 Å². The quantitative estimate of drug-likeness (QED) is 0.561. The van der Waals surface area contributed by atoms with Crippen LogP contribution in [0.4, 0.5) is 0 Å². The van der Waals surface area contributed by atoms with Gasteiger partial charge in [0.1, 0.15) is 12.2 Å². The maximum Gasteiger partial charge on any atom is 0.294 e. The molecule has 1 saturated heterocycles. The minimum atomic E-state index is -1.22. The lowest BCUT2D eigenvalue weighted by Crippen LogP contribution is -2.57. The molecule has 1 fully saturated rings. The molecular formula is C10H18N3O7. The van der Waals surface area contributed by atoms with Crippen LogP contribution in [0.5, 0.6) is 0 Å². The number of hydrogen-bond donors (Lipinski definition) is 0. The lowest BCUT2D eigenvalue weighted by atomic mass is 9.93. The molecule has 10 nitrogen and oxygen atoms in total. The molecule has 0 aromatic heterocycles. The Morgan fingerprint density at radius 2 is 1.60 bits per heavy atom. The summed E-state index contributed by atoms with van der Waals surface area (Å²) in [7, 11) is 0. The van der Waals surface area contributed by atoms with Crippen molar-refractivity contribution in [1.82, 2.24) is 5.06 Å². The molecule has 1 aliphatic heterocycles. The Morgan fingerprint density at radius 3 is 2.05 bits per heavy atom. The van der Waals surface area contributed by atoms with Gasteiger partial charge in [0, 0.05) is 12.0 Å². The van der Waals surface area contributed by atoms with Gasteiger partial charge in [-0.25, -0.2) is 0 Å². The molecular weight excluding hydrogens is 274 g/mol. The summed E-state index contributed by atoms with van der Waals surface area (Å²) in [6.07, 6.45) is -2.11. The standard InChI is InChI=1S/C10H18N3O7/c1-9(2)6-7(19-12(15)16)5-8(20-13(17)18)10(3,4)11(9)14/h7-8H,5-6H2,1-4H3. The average molecular weight is 292 g/mol. The van der Waals surface area contributed by atoms with Gasteiger partial charge >= 0.3 is 0 Å². The average Bonchev–Trinajstić information content (AvgIpc) is 2.28. The number of rotatable bonds is 4. The van der Waals surface area contributed by atoms with E-state index < -0.39 is 33.5 Å². The zero-order valence-electron chi connectivity index (χ0n) is 11.8. The van der Waals surface area contributed by atoms with E-state index in [-0.39, 0.29) is 12.8 Å². The van der Waals surface area contributed by atoms with Crippen LogP contribution >= 0.6 is 0 Å². The van der Waals surface area contributed by atoms with Crippen molar-refractivity contribution in [2.75, 3.05) is 0 Å². The Hall–Kier alpha value is -1.68. The SMILES string of the molecule is CC1(C)CC(O[N+](=O)[O-])CC(O[N+](=O)[O-])C(C)(C)N1[O]. The fraction of sp³-hybridized carbons (Fsp3) is 1.00. The van der Waals surface area contributed by atoms with E-state index in [2.05, 4.69) is 9.68 Å². The Kier molecular flexibility index (Phi) is 4.39. The molecule has 20 heavy (non-hydrogen) atoms. The monoisotopic (exact) mass is 292 g/mol. The lowest BCUT2D eigenvalue weighted by Gasteiger charge is -2.42. The van der Waals surface area contributed by atoms with E-state index in [0.29, 0.717) is 5.06 Å². The van der Waals surface area contributed by atoms with Crippen molar-refractivity contribution in [3.8, 4) is 0 Å². The molecule has 0 saturated carbocycles. The molecule has 1 heterocycles. The molecule has 1 aliphatic rings. The molecule has 0 amide bonds. The highest BCUT2D eigenvalue weighted by atomic mass is 17.0. The summed E-state index contributed by atoms with van der Waals surface area (Å²) in [6, 6.07) is 0. The van der Waals surface area contributed by atoms with E-state index in [1.807, 2.05) is 0 Å². The molecule has 0 spiro atoms. The number of hydroxylamine groups is 2. The minimum absolute atomic E-state index is 0.0679. The van der Waals surface area contributed by atoms with Gasteiger partial charge < -0.3 is 9.68 Å². The highest BCUT2D eigenvalue weighted by Gasteiger charge is 2.50. The molecule has 115 valence electrons. The van der Waals surface area contributed by atoms with Crippen molar-refractivity contribution in [2.24, 2.45) is 0 Å². The first-order chi connectivity index (χ1) is 8.96. The van der Waals surface area contributed by atoms with Crippen molar-refractivity contribution < 1.29 is 25.1 Å². The molecule has 2 atom stereocenters. The zero-order chi connectivity index (χ0) is 15.7. The summed E-state index contributed by atoms with van der Waals surface area (Å²) < 4.78 is 0. The second-order valence-electron chi connectivity index (χ2n) is 5.97. The molecule has 0 aromatic rings. The summed E-state index contributed by atoms with van der Waals surface area (Å²) in [5.41, 5.74) is -2.19. The summed E-state index contributed by atoms with van der Waals surface area (Å²) >= 11 is 0. The predicted molar refractivity (Wildman–Crippen MR) is 63.7 cm³/mol. The van der Waals surface area contributed by atoms with Crippen LogP contribution in [0.15, 0.2) is 0 Å². The van der Waals surface area contributed by atoms with Gasteiger partial charge in [-0.1, -0.05) is 0 Å². The molecule has 0 aromatic carbocycles. The summed E-state index contributed by atoms with van der Waals surface area (Å²) in [5, 5.41) is 32.2. The fourth-order valence-electron chi connectivity index (χ4n) is 2.64. The third-order valence-electron chi connectivity index (χ3n) is 3.51. The first-order valence-corrected chi connectivity index (χ1v) is 6.06. The number of hydrogen-bond acceptors (Lipinski definition) is 7. The van der Waals surface area contributed by atoms with Crippen LogP contribution in [0.25, 0.3) is 0 Å². The van der Waals surface area contributed by atoms with Crippen molar-refractivity contribution in [1.29, 1.82) is 0 Å². The van der Waals surface area contributed by atoms with Crippen molar-refractivity contribution >= 4 is 0 Å². The molecule has 0 aliphatic carbocycles. The molecule has 0 N–H and O–H groups in total. The summed E-state index contributed by atoms with van der Waals surface area (Å²) in [4.78, 5) is 30.1. The van der Waals surface area contributed by atoms with Crippen molar-refractivity contribution in [3.63, 3.8) is 0 Å². The minimum Gasteiger partial charge on any atom is -0.310 e. The van der Waals surface area contributed by atoms with Crippen LogP contribution in [0.3, 0.4) is 0 Å². The van der Waals surface area contributed by atoms with E-state index in [1.54, 1.807) is 13.8 Å². The highest BCUT2D eigenvalue weighted by molar-refractivity contribution is 4.98. The van der Waals surface area contributed by atoms with Crippen molar-refractivity contribution in [2.45, 2.75) is 63.8 Å². The summed E-state index contributed by atoms with van der Waals surface area (Å²) in [6.45, 7) is 6.22. The second kappa shape index (κ2) is 5.37. The van der Waals surface area contributed by atoms with Gasteiger partial charge in [0.2, 0.25) is 0 Å².